The van der Waals surface area contributed by atoms with Crippen LogP contribution in [0.2, 0.25) is 0 Å². The van der Waals surface area contributed by atoms with Gasteiger partial charge in [0.15, 0.2) is 5.82 Å². The van der Waals surface area contributed by atoms with E-state index in [0.717, 1.165) is 37.3 Å². The molecular weight excluding hydrogens is 344 g/mol. The number of benzene rings is 1. The molecule has 1 aliphatic heterocycles. The molecular formula is C19H24N6O2. The first-order chi connectivity index (χ1) is 13.2. The monoisotopic (exact) mass is 368 g/mol. The maximum absolute atomic E-state index is 13.1. The summed E-state index contributed by atoms with van der Waals surface area (Å²) in [7, 11) is 0. The predicted octanol–water partition coefficient (Wildman–Crippen LogP) is 1.55. The van der Waals surface area contributed by atoms with Gasteiger partial charge in [-0.15, -0.1) is 0 Å². The van der Waals surface area contributed by atoms with E-state index in [-0.39, 0.29) is 18.2 Å². The molecule has 2 aromatic heterocycles. The minimum absolute atomic E-state index is 0.136. The van der Waals surface area contributed by atoms with Crippen molar-refractivity contribution in [3.63, 3.8) is 0 Å². The van der Waals surface area contributed by atoms with Crippen LogP contribution in [0, 0.1) is 0 Å². The average Bonchev–Trinajstić information content (AvgIpc) is 3.29. The fourth-order valence-electron chi connectivity index (χ4n) is 3.48. The van der Waals surface area contributed by atoms with E-state index in [1.807, 2.05) is 37.3 Å². The number of aromatic nitrogens is 5. The van der Waals surface area contributed by atoms with Crippen LogP contribution in [-0.2, 0) is 19.5 Å². The average molecular weight is 368 g/mol. The van der Waals surface area contributed by atoms with Crippen molar-refractivity contribution in [3.05, 3.63) is 63.9 Å². The van der Waals surface area contributed by atoms with Crippen molar-refractivity contribution in [2.45, 2.75) is 45.2 Å². The number of nitrogens with zero attached hydrogens (tertiary/aromatic N) is 5. The van der Waals surface area contributed by atoms with Gasteiger partial charge in [0, 0.05) is 12.3 Å². The molecule has 1 saturated heterocycles. The summed E-state index contributed by atoms with van der Waals surface area (Å²) in [6, 6.07) is 10.0. The molecule has 27 heavy (non-hydrogen) atoms. The molecule has 3 aromatic rings. The van der Waals surface area contributed by atoms with Crippen molar-refractivity contribution in [1.82, 2.24) is 29.8 Å². The molecule has 1 aliphatic rings. The number of rotatable bonds is 6. The van der Waals surface area contributed by atoms with Crippen molar-refractivity contribution in [2.24, 2.45) is 0 Å². The SMILES string of the molecule is CCc1noc(Cn2nc(C3CCNCC3)n(Cc3ccccc3)c2=O)n1. The molecule has 4 rings (SSSR count). The summed E-state index contributed by atoms with van der Waals surface area (Å²) in [5.41, 5.74) is 0.948. The first-order valence-electron chi connectivity index (χ1n) is 9.48. The molecule has 0 radical (unpaired) electrons. The normalized spacial score (nSPS) is 15.3. The van der Waals surface area contributed by atoms with Crippen LogP contribution >= 0.6 is 0 Å². The molecule has 0 spiro atoms. The quantitative estimate of drug-likeness (QED) is 0.710. The van der Waals surface area contributed by atoms with E-state index in [9.17, 15) is 4.79 Å². The Labute approximate surface area is 157 Å². The van der Waals surface area contributed by atoms with Crippen LogP contribution in [0.1, 0.15) is 48.8 Å². The largest absolute Gasteiger partial charge is 0.346 e. The zero-order valence-electron chi connectivity index (χ0n) is 15.5. The van der Waals surface area contributed by atoms with Crippen LogP contribution in [0.25, 0.3) is 0 Å². The van der Waals surface area contributed by atoms with Crippen LogP contribution in [0.4, 0.5) is 0 Å². The molecule has 8 heteroatoms. The summed E-state index contributed by atoms with van der Waals surface area (Å²) in [6.45, 7) is 4.57. The summed E-state index contributed by atoms with van der Waals surface area (Å²) in [4.78, 5) is 17.4. The van der Waals surface area contributed by atoms with Gasteiger partial charge in [-0.1, -0.05) is 42.4 Å². The first-order valence-corrected chi connectivity index (χ1v) is 9.48. The Bertz CT molecular complexity index is 937. The van der Waals surface area contributed by atoms with Crippen molar-refractivity contribution >= 4 is 0 Å². The van der Waals surface area contributed by atoms with Crippen LogP contribution < -0.4 is 11.0 Å². The summed E-state index contributed by atoms with van der Waals surface area (Å²) in [6.07, 6.45) is 2.65. The van der Waals surface area contributed by atoms with Gasteiger partial charge >= 0.3 is 5.69 Å². The second-order valence-corrected chi connectivity index (χ2v) is 6.85. The maximum atomic E-state index is 13.1. The molecule has 0 aliphatic carbocycles. The van der Waals surface area contributed by atoms with Gasteiger partial charge in [0.25, 0.3) is 0 Å². The van der Waals surface area contributed by atoms with Crippen molar-refractivity contribution < 1.29 is 4.52 Å². The number of aryl methyl sites for hydroxylation is 1. The van der Waals surface area contributed by atoms with E-state index in [2.05, 4.69) is 20.6 Å². The molecule has 1 fully saturated rings. The maximum Gasteiger partial charge on any atom is 0.346 e. The fourth-order valence-corrected chi connectivity index (χ4v) is 3.48. The van der Waals surface area contributed by atoms with Crippen LogP contribution in [0.5, 0.6) is 0 Å². The van der Waals surface area contributed by atoms with Gasteiger partial charge in [0.1, 0.15) is 12.4 Å². The Kier molecular flexibility index (Phi) is 5.15. The Hall–Kier alpha value is -2.74. The van der Waals surface area contributed by atoms with Crippen molar-refractivity contribution in [1.29, 1.82) is 0 Å². The van der Waals surface area contributed by atoms with Gasteiger partial charge in [-0.3, -0.25) is 4.57 Å². The lowest BCUT2D eigenvalue weighted by Gasteiger charge is -2.22. The van der Waals surface area contributed by atoms with Gasteiger partial charge in [0.05, 0.1) is 6.54 Å². The lowest BCUT2D eigenvalue weighted by molar-refractivity contribution is 0.358. The first kappa shape index (κ1) is 17.7. The topological polar surface area (TPSA) is 90.8 Å². The number of hydrogen-bond donors (Lipinski definition) is 1. The number of nitrogens with one attached hydrogen (secondary N) is 1. The third-order valence-electron chi connectivity index (χ3n) is 4.95. The molecule has 0 atom stereocenters. The molecule has 0 unspecified atom stereocenters. The summed E-state index contributed by atoms with van der Waals surface area (Å²) < 4.78 is 8.49. The Morgan fingerprint density at radius 3 is 2.67 bits per heavy atom. The van der Waals surface area contributed by atoms with Crippen molar-refractivity contribution in [2.75, 3.05) is 13.1 Å². The zero-order chi connectivity index (χ0) is 18.6. The van der Waals surface area contributed by atoms with Crippen LogP contribution in [0.3, 0.4) is 0 Å². The van der Waals surface area contributed by atoms with E-state index in [4.69, 9.17) is 4.52 Å². The van der Waals surface area contributed by atoms with E-state index in [0.29, 0.717) is 24.7 Å². The highest BCUT2D eigenvalue weighted by molar-refractivity contribution is 5.16. The van der Waals surface area contributed by atoms with Crippen molar-refractivity contribution in [3.8, 4) is 0 Å². The smallest absolute Gasteiger partial charge is 0.337 e. The Morgan fingerprint density at radius 1 is 1.19 bits per heavy atom. The van der Waals surface area contributed by atoms with Crippen LogP contribution in [0.15, 0.2) is 39.6 Å². The molecule has 0 saturated carbocycles. The predicted molar refractivity (Wildman–Crippen MR) is 99.7 cm³/mol. The summed E-state index contributed by atoms with van der Waals surface area (Å²) >= 11 is 0. The Balaban J connectivity index is 1.68. The third kappa shape index (κ3) is 3.85. The molecule has 0 bridgehead atoms. The highest BCUT2D eigenvalue weighted by Crippen LogP contribution is 2.23. The molecule has 142 valence electrons. The highest BCUT2D eigenvalue weighted by atomic mass is 16.5. The molecule has 1 N–H and O–H groups in total. The Morgan fingerprint density at radius 2 is 1.96 bits per heavy atom. The molecule has 8 nitrogen and oxygen atoms in total. The molecule has 3 heterocycles. The van der Waals surface area contributed by atoms with E-state index < -0.39 is 0 Å². The second kappa shape index (κ2) is 7.87. The zero-order valence-corrected chi connectivity index (χ0v) is 15.5. The van der Waals surface area contributed by atoms with Gasteiger partial charge in [0.2, 0.25) is 5.89 Å². The van der Waals surface area contributed by atoms with Crippen LogP contribution in [-0.4, -0.2) is 37.6 Å². The van der Waals surface area contributed by atoms with E-state index in [1.54, 1.807) is 4.57 Å². The number of hydrogen-bond acceptors (Lipinski definition) is 6. The lowest BCUT2D eigenvalue weighted by atomic mass is 9.97. The number of piperidine rings is 1. The minimum Gasteiger partial charge on any atom is -0.337 e. The second-order valence-electron chi connectivity index (χ2n) is 6.85. The third-order valence-corrected chi connectivity index (χ3v) is 4.95. The van der Waals surface area contributed by atoms with Gasteiger partial charge in [-0.05, 0) is 31.5 Å². The van der Waals surface area contributed by atoms with Gasteiger partial charge in [-0.2, -0.15) is 10.1 Å². The lowest BCUT2D eigenvalue weighted by Crippen LogP contribution is -2.30. The minimum atomic E-state index is -0.136. The van der Waals surface area contributed by atoms with Gasteiger partial charge < -0.3 is 9.84 Å². The summed E-state index contributed by atoms with van der Waals surface area (Å²) in [5.74, 6) is 2.17. The fraction of sp³-hybridized carbons (Fsp3) is 0.474. The standard InChI is InChI=1S/C19H24N6O2/c1-2-16-21-17(27-23-16)13-25-19(26)24(12-14-6-4-3-5-7-14)18(22-25)15-8-10-20-11-9-15/h3-7,15,20H,2,8-13H2,1H3. The summed E-state index contributed by atoms with van der Waals surface area (Å²) in [5, 5.41) is 11.9. The molecule has 0 amide bonds. The van der Waals surface area contributed by atoms with E-state index >= 15 is 0 Å². The highest BCUT2D eigenvalue weighted by Gasteiger charge is 2.24. The van der Waals surface area contributed by atoms with E-state index in [1.165, 1.54) is 4.68 Å². The molecule has 1 aromatic carbocycles. The van der Waals surface area contributed by atoms with Gasteiger partial charge in [-0.25, -0.2) is 9.48 Å².